The Morgan fingerprint density at radius 2 is 0.586 bits per heavy atom. The molecular formula is C100H68BClN8O6. The van der Waals surface area contributed by atoms with Crippen molar-refractivity contribution in [3.63, 3.8) is 0 Å². The van der Waals surface area contributed by atoms with Crippen molar-refractivity contribution in [3.05, 3.63) is 390 Å². The zero-order valence-electron chi connectivity index (χ0n) is 63.3. The Morgan fingerprint density at radius 3 is 1.01 bits per heavy atom. The molecule has 1 saturated heterocycles. The van der Waals surface area contributed by atoms with Crippen LogP contribution < -0.4 is 14.9 Å². The van der Waals surface area contributed by atoms with Crippen LogP contribution in [0.5, 0.6) is 23.0 Å². The number of rotatable bonds is 8. The van der Waals surface area contributed by atoms with Crippen LogP contribution in [0.2, 0.25) is 5.35 Å². The summed E-state index contributed by atoms with van der Waals surface area (Å²) in [7, 11) is -0.599. The molecule has 0 saturated carbocycles. The molecule has 0 atom stereocenters. The van der Waals surface area contributed by atoms with Gasteiger partial charge in [-0.1, -0.05) is 285 Å². The average Bonchev–Trinajstić information content (AvgIpc) is 1.51. The molecular weight excluding hydrogens is 1460 g/mol. The Balaban J connectivity index is 0.000000129. The molecule has 2 aliphatic carbocycles. The molecule has 14 aromatic carbocycles. The van der Waals surface area contributed by atoms with E-state index in [0.717, 1.165) is 156 Å². The molecule has 0 unspecified atom stereocenters. The van der Waals surface area contributed by atoms with Crippen molar-refractivity contribution in [2.24, 2.45) is 0 Å². The van der Waals surface area contributed by atoms with Gasteiger partial charge in [-0.15, -0.1) is 0 Å². The van der Waals surface area contributed by atoms with Crippen molar-refractivity contribution >= 4 is 46.4 Å². The molecule has 2 spiro atoms. The maximum atomic E-state index is 6.84. The molecule has 18 aromatic rings. The van der Waals surface area contributed by atoms with Gasteiger partial charge >= 0.3 is 7.12 Å². The Kier molecular flexibility index (Phi) is 16.6. The molecule has 0 N–H and O–H groups in total. The lowest BCUT2D eigenvalue weighted by atomic mass is 9.61. The number of benzene rings is 14. The summed E-state index contributed by atoms with van der Waals surface area (Å²) in [5.74, 6) is 7.47. The first kappa shape index (κ1) is 69.8. The smallest absolute Gasteiger partial charge is 0.457 e. The lowest BCUT2D eigenvalue weighted by Gasteiger charge is -2.40. The van der Waals surface area contributed by atoms with Gasteiger partial charge in [0.2, 0.25) is 5.89 Å². The number of para-hydroxylation sites is 8. The van der Waals surface area contributed by atoms with Gasteiger partial charge < -0.3 is 27.6 Å². The van der Waals surface area contributed by atoms with E-state index in [1.165, 1.54) is 0 Å². The Hall–Kier alpha value is -14.1. The summed E-state index contributed by atoms with van der Waals surface area (Å²) >= 11 is 5.51. The summed E-state index contributed by atoms with van der Waals surface area (Å²) in [5, 5.41) is 0.196. The standard InChI is InChI=1S/C47H28N4O2.C46H36BN3O3.C7H4ClNO/c1-3-15-29(16-4-1)43-49-44(30-17-5-2-6-18-30)51-45(50-43)32-20-14-24-36-41(32)31-19-13-21-33(46-48-37-25-9-12-28-40(37)53-46)42(31)47(36)34-22-7-10-26-38(34)52-39-27-11-8-23-35(39)47;1-44(2)45(3,4)53-47(52-44)36-26-16-21-31-39-32(43-49-41(29-17-7-5-8-18-29)48-42(50-43)30-19-9-6-10-20-30)22-15-25-35(39)46(40(31)36)33-23-11-13-27-37(33)51-38-28-14-12-24-34(38)46;8-7-9-5-3-1-2-4-6(5)10-7/h1-28H;5-28H,1-4H3;1-4H. The number of ether oxygens (including phenoxy) is 2. The summed E-state index contributed by atoms with van der Waals surface area (Å²) in [6, 6.07) is 115. The molecule has 16 heteroatoms. The third-order valence-corrected chi connectivity index (χ3v) is 23.3. The molecule has 4 aromatic heterocycles. The number of oxazole rings is 2. The molecule has 3 aliphatic heterocycles. The Labute approximate surface area is 674 Å². The zero-order valence-corrected chi connectivity index (χ0v) is 64.1. The predicted octanol–water partition coefficient (Wildman–Crippen LogP) is 23.3. The van der Waals surface area contributed by atoms with E-state index in [1.54, 1.807) is 0 Å². The van der Waals surface area contributed by atoms with Gasteiger partial charge in [-0.25, -0.2) is 34.9 Å². The zero-order chi connectivity index (χ0) is 77.9. The molecule has 0 radical (unpaired) electrons. The molecule has 7 heterocycles. The van der Waals surface area contributed by atoms with Crippen molar-refractivity contribution in [2.45, 2.75) is 49.7 Å². The number of hydrogen-bond donors (Lipinski definition) is 0. The highest BCUT2D eigenvalue weighted by Gasteiger charge is 2.59. The van der Waals surface area contributed by atoms with E-state index in [1.807, 2.05) is 194 Å². The van der Waals surface area contributed by atoms with Crippen LogP contribution in [0.15, 0.2) is 349 Å². The van der Waals surface area contributed by atoms with E-state index < -0.39 is 29.2 Å². The largest absolute Gasteiger partial charge is 0.495 e. The SMILES string of the molecule is CC1(C)OB(c2cccc3c2C2(c4ccccc4Oc4ccccc42)c2cccc(-c4nc(-c5ccccc5)nc(-c5ccccc5)n4)c2-3)OC1(C)C.Clc1nc2ccccc2o1.c1ccc(-c2nc(-c3ccccc3)nc(-c3cccc4c3-c3cccc(-c5nc6ccccc6o5)c3C43c4ccccc4Oc4ccccc43)n2)cc1. The minimum Gasteiger partial charge on any atom is -0.457 e. The van der Waals surface area contributed by atoms with Crippen LogP contribution in [0.3, 0.4) is 0 Å². The third kappa shape index (κ3) is 11.2. The van der Waals surface area contributed by atoms with E-state index in [2.05, 4.69) is 178 Å². The maximum Gasteiger partial charge on any atom is 0.495 e. The van der Waals surface area contributed by atoms with Gasteiger partial charge in [0.25, 0.3) is 5.35 Å². The number of fused-ring (bicyclic) bond motifs is 20. The van der Waals surface area contributed by atoms with Gasteiger partial charge in [0.1, 0.15) is 34.0 Å². The fraction of sp³-hybridized carbons (Fsp3) is 0.0800. The topological polar surface area (TPSA) is 166 Å². The van der Waals surface area contributed by atoms with Crippen LogP contribution in [0, 0.1) is 0 Å². The first-order valence-corrected chi connectivity index (χ1v) is 39.0. The second-order valence-corrected chi connectivity index (χ2v) is 30.6. The molecule has 554 valence electrons. The first-order valence-electron chi connectivity index (χ1n) is 38.7. The van der Waals surface area contributed by atoms with Crippen molar-refractivity contribution in [3.8, 4) is 125 Å². The van der Waals surface area contributed by atoms with Gasteiger partial charge in [-0.2, -0.15) is 4.98 Å². The summed E-state index contributed by atoms with van der Waals surface area (Å²) in [6.07, 6.45) is 0. The summed E-state index contributed by atoms with van der Waals surface area (Å²) in [4.78, 5) is 39.8. The summed E-state index contributed by atoms with van der Waals surface area (Å²) < 4.78 is 38.6. The predicted molar refractivity (Wildman–Crippen MR) is 455 cm³/mol. The number of hydrogen-bond acceptors (Lipinski definition) is 14. The average molecular weight is 1520 g/mol. The molecule has 0 amide bonds. The Morgan fingerprint density at radius 1 is 0.267 bits per heavy atom. The van der Waals surface area contributed by atoms with E-state index in [9.17, 15) is 0 Å². The summed E-state index contributed by atoms with van der Waals surface area (Å²) in [6.45, 7) is 8.42. The highest BCUT2D eigenvalue weighted by Crippen LogP contribution is 2.67. The first-order chi connectivity index (χ1) is 56.9. The van der Waals surface area contributed by atoms with Crippen molar-refractivity contribution in [1.29, 1.82) is 0 Å². The Bertz CT molecular complexity index is 6630. The van der Waals surface area contributed by atoms with Gasteiger partial charge in [-0.3, -0.25) is 0 Å². The van der Waals surface area contributed by atoms with Crippen LogP contribution in [-0.4, -0.2) is 58.2 Å². The van der Waals surface area contributed by atoms with Crippen molar-refractivity contribution < 1.29 is 27.6 Å². The second-order valence-electron chi connectivity index (χ2n) is 30.2. The molecule has 23 rings (SSSR count). The number of nitrogens with zero attached hydrogens (tertiary/aromatic N) is 8. The minimum atomic E-state index is -0.777. The van der Waals surface area contributed by atoms with Crippen LogP contribution in [0.1, 0.15) is 72.2 Å². The van der Waals surface area contributed by atoms with Crippen molar-refractivity contribution in [2.75, 3.05) is 0 Å². The lowest BCUT2D eigenvalue weighted by molar-refractivity contribution is 0.00578. The minimum absolute atomic E-state index is 0.196. The van der Waals surface area contributed by atoms with E-state index >= 15 is 0 Å². The van der Waals surface area contributed by atoms with Gasteiger partial charge in [0.05, 0.1) is 22.0 Å². The molecule has 1 fully saturated rings. The quantitative estimate of drug-likeness (QED) is 0.132. The van der Waals surface area contributed by atoms with Crippen LogP contribution in [-0.2, 0) is 20.1 Å². The highest BCUT2D eigenvalue weighted by atomic mass is 35.5. The fourth-order valence-electron chi connectivity index (χ4n) is 17.5. The van der Waals surface area contributed by atoms with Gasteiger partial charge in [-0.05, 0) is 144 Å². The van der Waals surface area contributed by atoms with E-state index in [-0.39, 0.29) is 5.35 Å². The van der Waals surface area contributed by atoms with E-state index in [0.29, 0.717) is 40.8 Å². The maximum absolute atomic E-state index is 6.84. The van der Waals surface area contributed by atoms with E-state index in [4.69, 9.17) is 74.1 Å². The van der Waals surface area contributed by atoms with Gasteiger partial charge in [0, 0.05) is 61.2 Å². The van der Waals surface area contributed by atoms with Crippen LogP contribution in [0.4, 0.5) is 0 Å². The molecule has 5 aliphatic rings. The lowest BCUT2D eigenvalue weighted by Crippen LogP contribution is -2.43. The molecule has 14 nitrogen and oxygen atoms in total. The monoisotopic (exact) mass is 1520 g/mol. The second kappa shape index (κ2) is 27.6. The third-order valence-electron chi connectivity index (χ3n) is 23.2. The number of halogens is 1. The molecule has 116 heavy (non-hydrogen) atoms. The molecule has 0 bridgehead atoms. The fourth-order valence-corrected chi connectivity index (χ4v) is 17.6. The van der Waals surface area contributed by atoms with Crippen LogP contribution >= 0.6 is 11.6 Å². The van der Waals surface area contributed by atoms with Crippen molar-refractivity contribution in [1.82, 2.24) is 39.9 Å². The highest BCUT2D eigenvalue weighted by molar-refractivity contribution is 6.63. The number of aromatic nitrogens is 8. The normalized spacial score (nSPS) is 14.6. The summed E-state index contributed by atoms with van der Waals surface area (Å²) in [5.41, 5.74) is 20.8. The van der Waals surface area contributed by atoms with Gasteiger partial charge in [0.15, 0.2) is 46.1 Å². The van der Waals surface area contributed by atoms with Crippen LogP contribution in [0.25, 0.3) is 124 Å².